The Kier molecular flexibility index (Phi) is 5.11. The summed E-state index contributed by atoms with van der Waals surface area (Å²) in [6, 6.07) is 14.1. The van der Waals surface area contributed by atoms with Crippen LogP contribution in [0.15, 0.2) is 48.5 Å². The quantitative estimate of drug-likeness (QED) is 0.704. The summed E-state index contributed by atoms with van der Waals surface area (Å²) in [4.78, 5) is 29.9. The summed E-state index contributed by atoms with van der Waals surface area (Å²) in [7, 11) is 0. The van der Waals surface area contributed by atoms with E-state index in [-0.39, 0.29) is 29.9 Å². The van der Waals surface area contributed by atoms with Gasteiger partial charge in [0.25, 0.3) is 0 Å². The molecule has 2 aromatic carbocycles. The summed E-state index contributed by atoms with van der Waals surface area (Å²) in [6.45, 7) is 4.03. The van der Waals surface area contributed by atoms with Crippen molar-refractivity contribution < 1.29 is 9.59 Å². The van der Waals surface area contributed by atoms with Crippen molar-refractivity contribution in [2.75, 3.05) is 0 Å². The Morgan fingerprint density at radius 2 is 1.64 bits per heavy atom. The third kappa shape index (κ3) is 3.19. The number of piperazine rings is 1. The lowest BCUT2D eigenvalue weighted by atomic mass is 9.86. The highest BCUT2D eigenvalue weighted by molar-refractivity contribution is 6.30. The number of benzene rings is 2. The average Bonchev–Trinajstić information content (AvgIpc) is 3.04. The lowest BCUT2D eigenvalue weighted by Crippen LogP contribution is -2.59. The standard InChI is InChI=1S/C22H22Cl2N2O2/c1-13(2)25-20(14-6-8-16(23)9-7-14)21(15-4-3-5-17(24)12-15)26-18(22(25)28)10-11-19(26)27/h3-9,12-13,18,20-21H,10-11H2,1-2H3/t18-,20-,21+/m1/s1. The summed E-state index contributed by atoms with van der Waals surface area (Å²) >= 11 is 12.4. The van der Waals surface area contributed by atoms with Gasteiger partial charge in [0.05, 0.1) is 12.1 Å². The number of fused-ring (bicyclic) bond motifs is 1. The summed E-state index contributed by atoms with van der Waals surface area (Å²) in [5.74, 6) is 0.0322. The third-order valence-electron chi connectivity index (χ3n) is 5.65. The second kappa shape index (κ2) is 7.41. The van der Waals surface area contributed by atoms with Gasteiger partial charge in [0.1, 0.15) is 6.04 Å². The fourth-order valence-corrected chi connectivity index (χ4v) is 4.84. The minimum absolute atomic E-state index is 0.00675. The van der Waals surface area contributed by atoms with E-state index in [0.717, 1.165) is 11.1 Å². The van der Waals surface area contributed by atoms with Gasteiger partial charge < -0.3 is 9.80 Å². The van der Waals surface area contributed by atoms with Crippen LogP contribution >= 0.6 is 23.2 Å². The molecule has 28 heavy (non-hydrogen) atoms. The van der Waals surface area contributed by atoms with Crippen LogP contribution in [0.25, 0.3) is 0 Å². The SMILES string of the molecule is CC(C)N1C(=O)[C@H]2CCC(=O)N2[C@@H](c2cccc(Cl)c2)[C@H]1c1ccc(Cl)cc1. The van der Waals surface area contributed by atoms with E-state index in [9.17, 15) is 9.59 Å². The van der Waals surface area contributed by atoms with Crippen molar-refractivity contribution >= 4 is 35.0 Å². The molecule has 2 saturated heterocycles. The molecule has 2 aliphatic rings. The van der Waals surface area contributed by atoms with Gasteiger partial charge in [-0.3, -0.25) is 9.59 Å². The number of carbonyl (C=O) groups excluding carboxylic acids is 2. The Morgan fingerprint density at radius 3 is 2.29 bits per heavy atom. The lowest BCUT2D eigenvalue weighted by molar-refractivity contribution is -0.159. The van der Waals surface area contributed by atoms with Gasteiger partial charge in [-0.1, -0.05) is 47.5 Å². The molecule has 3 atom stereocenters. The molecular formula is C22H22Cl2N2O2. The predicted molar refractivity (Wildman–Crippen MR) is 110 cm³/mol. The first-order valence-corrected chi connectivity index (χ1v) is 10.3. The zero-order valence-electron chi connectivity index (χ0n) is 15.8. The largest absolute Gasteiger partial charge is 0.329 e. The fourth-order valence-electron chi connectivity index (χ4n) is 4.52. The van der Waals surface area contributed by atoms with Gasteiger partial charge in [-0.05, 0) is 55.7 Å². The van der Waals surface area contributed by atoms with E-state index in [1.54, 1.807) is 4.90 Å². The van der Waals surface area contributed by atoms with Gasteiger partial charge in [0.15, 0.2) is 0 Å². The summed E-state index contributed by atoms with van der Waals surface area (Å²) in [5.41, 5.74) is 1.89. The van der Waals surface area contributed by atoms with Crippen LogP contribution in [-0.4, -0.2) is 33.7 Å². The minimum Gasteiger partial charge on any atom is -0.329 e. The normalized spacial score (nSPS) is 24.8. The van der Waals surface area contributed by atoms with Crippen molar-refractivity contribution in [2.45, 2.75) is 50.9 Å². The topological polar surface area (TPSA) is 40.6 Å². The molecule has 0 saturated carbocycles. The van der Waals surface area contributed by atoms with Crippen molar-refractivity contribution in [3.05, 3.63) is 69.7 Å². The van der Waals surface area contributed by atoms with E-state index >= 15 is 0 Å². The maximum absolute atomic E-state index is 13.4. The minimum atomic E-state index is -0.414. The molecule has 4 rings (SSSR count). The summed E-state index contributed by atoms with van der Waals surface area (Å²) in [5, 5.41) is 1.25. The number of hydrogen-bond donors (Lipinski definition) is 0. The number of carbonyl (C=O) groups is 2. The molecule has 2 heterocycles. The average molecular weight is 417 g/mol. The van der Waals surface area contributed by atoms with Crippen LogP contribution in [0.1, 0.15) is 49.9 Å². The van der Waals surface area contributed by atoms with Crippen LogP contribution in [0, 0.1) is 0 Å². The van der Waals surface area contributed by atoms with Crippen LogP contribution in [0.3, 0.4) is 0 Å². The third-order valence-corrected chi connectivity index (χ3v) is 6.14. The Morgan fingerprint density at radius 1 is 0.929 bits per heavy atom. The molecule has 0 spiro atoms. The van der Waals surface area contributed by atoms with Crippen molar-refractivity contribution in [3.8, 4) is 0 Å². The first-order valence-electron chi connectivity index (χ1n) is 9.52. The molecular weight excluding hydrogens is 395 g/mol. The van der Waals surface area contributed by atoms with Crippen LogP contribution in [0.4, 0.5) is 0 Å². The molecule has 0 aliphatic carbocycles. The molecule has 0 radical (unpaired) electrons. The van der Waals surface area contributed by atoms with E-state index in [4.69, 9.17) is 23.2 Å². The van der Waals surface area contributed by atoms with Gasteiger partial charge in [0.2, 0.25) is 11.8 Å². The molecule has 2 fully saturated rings. The van der Waals surface area contributed by atoms with E-state index in [1.165, 1.54) is 0 Å². The van der Waals surface area contributed by atoms with Gasteiger partial charge in [-0.2, -0.15) is 0 Å². The highest BCUT2D eigenvalue weighted by Crippen LogP contribution is 2.48. The first-order chi connectivity index (χ1) is 13.4. The van der Waals surface area contributed by atoms with Crippen LogP contribution in [-0.2, 0) is 9.59 Å². The molecule has 6 heteroatoms. The molecule has 0 aromatic heterocycles. The van der Waals surface area contributed by atoms with E-state index < -0.39 is 6.04 Å². The molecule has 2 aliphatic heterocycles. The molecule has 0 unspecified atom stereocenters. The number of hydrogen-bond acceptors (Lipinski definition) is 2. The van der Waals surface area contributed by atoms with Gasteiger partial charge in [0, 0.05) is 22.5 Å². The van der Waals surface area contributed by atoms with Gasteiger partial charge >= 0.3 is 0 Å². The smallest absolute Gasteiger partial charge is 0.246 e. The number of rotatable bonds is 3. The van der Waals surface area contributed by atoms with E-state index in [1.807, 2.05) is 67.3 Å². The maximum Gasteiger partial charge on any atom is 0.246 e. The highest BCUT2D eigenvalue weighted by atomic mass is 35.5. The molecule has 2 amide bonds. The fraction of sp³-hybridized carbons (Fsp3) is 0.364. The number of nitrogens with zero attached hydrogens (tertiary/aromatic N) is 2. The van der Waals surface area contributed by atoms with Crippen molar-refractivity contribution in [2.24, 2.45) is 0 Å². The predicted octanol–water partition coefficient (Wildman–Crippen LogP) is 5.02. The monoisotopic (exact) mass is 416 g/mol. The second-order valence-corrected chi connectivity index (χ2v) is 8.56. The molecule has 0 bridgehead atoms. The van der Waals surface area contributed by atoms with Gasteiger partial charge in [-0.25, -0.2) is 0 Å². The van der Waals surface area contributed by atoms with E-state index in [2.05, 4.69) is 0 Å². The van der Waals surface area contributed by atoms with Crippen LogP contribution in [0.5, 0.6) is 0 Å². The summed E-state index contributed by atoms with van der Waals surface area (Å²) < 4.78 is 0. The zero-order chi connectivity index (χ0) is 20.0. The number of amides is 2. The van der Waals surface area contributed by atoms with Crippen LogP contribution < -0.4 is 0 Å². The second-order valence-electron chi connectivity index (χ2n) is 7.69. The first kappa shape index (κ1) is 19.3. The Balaban J connectivity index is 1.93. The molecule has 4 nitrogen and oxygen atoms in total. The van der Waals surface area contributed by atoms with Crippen molar-refractivity contribution in [1.82, 2.24) is 9.80 Å². The Hall–Kier alpha value is -2.04. The molecule has 146 valence electrons. The summed E-state index contributed by atoms with van der Waals surface area (Å²) in [6.07, 6.45) is 0.956. The Labute approximate surface area is 175 Å². The zero-order valence-corrected chi connectivity index (χ0v) is 17.3. The lowest BCUT2D eigenvalue weighted by Gasteiger charge is -2.51. The maximum atomic E-state index is 13.4. The van der Waals surface area contributed by atoms with Gasteiger partial charge in [-0.15, -0.1) is 0 Å². The van der Waals surface area contributed by atoms with Crippen LogP contribution in [0.2, 0.25) is 10.0 Å². The van der Waals surface area contributed by atoms with E-state index in [0.29, 0.717) is 22.9 Å². The van der Waals surface area contributed by atoms with Crippen molar-refractivity contribution in [3.63, 3.8) is 0 Å². The molecule has 0 N–H and O–H groups in total. The Bertz CT molecular complexity index is 913. The van der Waals surface area contributed by atoms with Crippen molar-refractivity contribution in [1.29, 1.82) is 0 Å². The highest BCUT2D eigenvalue weighted by Gasteiger charge is 2.53. The number of halogens is 2. The molecule has 2 aromatic rings.